The number of hydrogen-bond acceptors (Lipinski definition) is 5. The molecule has 0 atom stereocenters. The molecule has 6 nitrogen and oxygen atoms in total. The van der Waals surface area contributed by atoms with Crippen molar-refractivity contribution < 1.29 is 17.9 Å². The van der Waals surface area contributed by atoms with Crippen molar-refractivity contribution >= 4 is 27.7 Å². The van der Waals surface area contributed by atoms with Gasteiger partial charge in [-0.05, 0) is 55.3 Å². The molecule has 1 fully saturated rings. The predicted molar refractivity (Wildman–Crippen MR) is 120 cm³/mol. The number of amides is 1. The molecule has 0 spiro atoms. The highest BCUT2D eigenvalue weighted by molar-refractivity contribution is 7.98. The molecule has 1 aliphatic rings. The van der Waals surface area contributed by atoms with Crippen LogP contribution in [0.2, 0.25) is 0 Å². The molecule has 2 aromatic carbocycles. The maximum Gasteiger partial charge on any atom is 0.255 e. The minimum Gasteiger partial charge on any atom is -0.492 e. The standard InChI is InChI=1S/C22H28N2O4S2/c1-17-10-13-24(14-11-17)22(25)20-16-19(8-9-21(20)29-2)30(26,27)23-12-15-28-18-6-4-3-5-7-18/h3-9,16-17,23H,10-15H2,1-2H3. The maximum atomic E-state index is 13.1. The lowest BCUT2D eigenvalue weighted by Crippen LogP contribution is -2.38. The molecule has 0 saturated carbocycles. The van der Waals surface area contributed by atoms with Gasteiger partial charge in [-0.1, -0.05) is 25.1 Å². The zero-order chi connectivity index (χ0) is 21.6. The summed E-state index contributed by atoms with van der Waals surface area (Å²) in [6.45, 7) is 3.95. The number of piperidine rings is 1. The molecule has 0 radical (unpaired) electrons. The molecule has 1 heterocycles. The van der Waals surface area contributed by atoms with Crippen molar-refractivity contribution in [2.24, 2.45) is 5.92 Å². The summed E-state index contributed by atoms with van der Waals surface area (Å²) in [5.74, 6) is 1.20. The van der Waals surface area contributed by atoms with Gasteiger partial charge >= 0.3 is 0 Å². The van der Waals surface area contributed by atoms with E-state index in [0.29, 0.717) is 30.3 Å². The van der Waals surface area contributed by atoms with Crippen molar-refractivity contribution in [1.29, 1.82) is 0 Å². The van der Waals surface area contributed by atoms with Crippen molar-refractivity contribution in [3.05, 3.63) is 54.1 Å². The number of sulfonamides is 1. The van der Waals surface area contributed by atoms with Gasteiger partial charge in [0.15, 0.2) is 0 Å². The second-order valence-corrected chi connectivity index (χ2v) is 10.0. The molecule has 1 N–H and O–H groups in total. The molecule has 0 bridgehead atoms. The number of nitrogens with one attached hydrogen (secondary N) is 1. The summed E-state index contributed by atoms with van der Waals surface area (Å²) in [7, 11) is -3.75. The van der Waals surface area contributed by atoms with Crippen LogP contribution in [0.3, 0.4) is 0 Å². The lowest BCUT2D eigenvalue weighted by molar-refractivity contribution is 0.0693. The van der Waals surface area contributed by atoms with Gasteiger partial charge in [0.1, 0.15) is 12.4 Å². The molecule has 0 aromatic heterocycles. The Morgan fingerprint density at radius 2 is 1.87 bits per heavy atom. The zero-order valence-electron chi connectivity index (χ0n) is 17.3. The Morgan fingerprint density at radius 1 is 1.17 bits per heavy atom. The van der Waals surface area contributed by atoms with Crippen LogP contribution in [0, 0.1) is 5.92 Å². The first-order valence-corrected chi connectivity index (χ1v) is 12.8. The average Bonchev–Trinajstić information content (AvgIpc) is 2.77. The van der Waals surface area contributed by atoms with E-state index in [1.807, 2.05) is 41.5 Å². The lowest BCUT2D eigenvalue weighted by Gasteiger charge is -2.30. The zero-order valence-corrected chi connectivity index (χ0v) is 19.0. The molecule has 1 aliphatic heterocycles. The minimum absolute atomic E-state index is 0.0914. The number of nitrogens with zero attached hydrogens (tertiary/aromatic N) is 1. The van der Waals surface area contributed by atoms with E-state index in [1.54, 1.807) is 12.1 Å². The second-order valence-electron chi connectivity index (χ2n) is 7.40. The Balaban J connectivity index is 1.68. The van der Waals surface area contributed by atoms with Gasteiger partial charge in [0, 0.05) is 24.5 Å². The highest BCUT2D eigenvalue weighted by atomic mass is 32.2. The Bertz CT molecular complexity index is 956. The lowest BCUT2D eigenvalue weighted by atomic mass is 9.98. The summed E-state index contributed by atoms with van der Waals surface area (Å²) >= 11 is 1.44. The van der Waals surface area contributed by atoms with Gasteiger partial charge in [-0.2, -0.15) is 0 Å². The van der Waals surface area contributed by atoms with E-state index < -0.39 is 10.0 Å². The Hall–Kier alpha value is -2.03. The van der Waals surface area contributed by atoms with Crippen LogP contribution in [0.15, 0.2) is 58.3 Å². The highest BCUT2D eigenvalue weighted by Gasteiger charge is 2.25. The Kier molecular flexibility index (Phi) is 7.80. The molecule has 0 unspecified atom stereocenters. The van der Waals surface area contributed by atoms with E-state index in [1.165, 1.54) is 17.8 Å². The third-order valence-electron chi connectivity index (χ3n) is 5.19. The summed E-state index contributed by atoms with van der Waals surface area (Å²) in [6.07, 6.45) is 3.83. The van der Waals surface area contributed by atoms with E-state index in [-0.39, 0.29) is 24.0 Å². The average molecular weight is 449 g/mol. The van der Waals surface area contributed by atoms with Crippen molar-refractivity contribution in [2.45, 2.75) is 29.6 Å². The third kappa shape index (κ3) is 5.77. The number of benzene rings is 2. The number of rotatable bonds is 8. The van der Waals surface area contributed by atoms with E-state index >= 15 is 0 Å². The van der Waals surface area contributed by atoms with E-state index in [2.05, 4.69) is 11.6 Å². The monoisotopic (exact) mass is 448 g/mol. The number of carbonyl (C=O) groups excluding carboxylic acids is 1. The van der Waals surface area contributed by atoms with Crippen LogP contribution in [0.5, 0.6) is 5.75 Å². The first-order chi connectivity index (χ1) is 14.4. The Morgan fingerprint density at radius 3 is 2.53 bits per heavy atom. The molecule has 3 rings (SSSR count). The van der Waals surface area contributed by atoms with Gasteiger partial charge in [0.25, 0.3) is 5.91 Å². The molecule has 1 saturated heterocycles. The van der Waals surface area contributed by atoms with Crippen molar-refractivity contribution in [3.63, 3.8) is 0 Å². The van der Waals surface area contributed by atoms with Gasteiger partial charge in [-0.15, -0.1) is 11.8 Å². The van der Waals surface area contributed by atoms with Crippen LogP contribution in [-0.4, -0.2) is 51.7 Å². The third-order valence-corrected chi connectivity index (χ3v) is 7.44. The molecule has 30 heavy (non-hydrogen) atoms. The first-order valence-electron chi connectivity index (χ1n) is 10.1. The van der Waals surface area contributed by atoms with E-state index in [0.717, 1.165) is 17.7 Å². The molecule has 8 heteroatoms. The van der Waals surface area contributed by atoms with Crippen LogP contribution < -0.4 is 9.46 Å². The van der Waals surface area contributed by atoms with Crippen LogP contribution in [0.25, 0.3) is 0 Å². The molecule has 2 aromatic rings. The summed E-state index contributed by atoms with van der Waals surface area (Å²) < 4.78 is 33.6. The molecule has 0 aliphatic carbocycles. The van der Waals surface area contributed by atoms with Gasteiger partial charge in [0.05, 0.1) is 10.5 Å². The number of likely N-dealkylation sites (tertiary alicyclic amines) is 1. The number of ether oxygens (including phenoxy) is 1. The summed E-state index contributed by atoms with van der Waals surface area (Å²) in [5, 5.41) is 0. The second kappa shape index (κ2) is 10.3. The normalized spacial score (nSPS) is 15.2. The van der Waals surface area contributed by atoms with Crippen LogP contribution >= 0.6 is 11.8 Å². The van der Waals surface area contributed by atoms with Crippen LogP contribution in [0.1, 0.15) is 30.1 Å². The van der Waals surface area contributed by atoms with Gasteiger partial charge in [-0.25, -0.2) is 13.1 Å². The summed E-state index contributed by atoms with van der Waals surface area (Å²) in [4.78, 5) is 15.8. The highest BCUT2D eigenvalue weighted by Crippen LogP contribution is 2.27. The van der Waals surface area contributed by atoms with Gasteiger partial charge in [0.2, 0.25) is 10.0 Å². The van der Waals surface area contributed by atoms with Gasteiger partial charge < -0.3 is 9.64 Å². The van der Waals surface area contributed by atoms with Crippen molar-refractivity contribution in [1.82, 2.24) is 9.62 Å². The molecule has 162 valence electrons. The molecule has 1 amide bonds. The van der Waals surface area contributed by atoms with Crippen LogP contribution in [0.4, 0.5) is 0 Å². The number of thioether (sulfide) groups is 1. The smallest absolute Gasteiger partial charge is 0.255 e. The van der Waals surface area contributed by atoms with Crippen LogP contribution in [-0.2, 0) is 10.0 Å². The van der Waals surface area contributed by atoms with E-state index in [9.17, 15) is 13.2 Å². The van der Waals surface area contributed by atoms with E-state index in [4.69, 9.17) is 4.74 Å². The quantitative estimate of drug-likeness (QED) is 0.493. The fourth-order valence-corrected chi connectivity index (χ4v) is 4.96. The number of carbonyl (C=O) groups is 1. The minimum atomic E-state index is -3.75. The summed E-state index contributed by atoms with van der Waals surface area (Å²) in [5.41, 5.74) is 0.445. The number of hydrogen-bond donors (Lipinski definition) is 1. The first kappa shape index (κ1) is 22.7. The SMILES string of the molecule is CSc1ccc(S(=O)(=O)NCCOc2ccccc2)cc1C(=O)N1CCC(C)CC1. The fraction of sp³-hybridized carbons (Fsp3) is 0.409. The largest absolute Gasteiger partial charge is 0.492 e. The van der Waals surface area contributed by atoms with Crippen molar-refractivity contribution in [2.75, 3.05) is 32.5 Å². The Labute approximate surface area is 183 Å². The maximum absolute atomic E-state index is 13.1. The fourth-order valence-electron chi connectivity index (χ4n) is 3.35. The molecular formula is C22H28N2O4S2. The summed E-state index contributed by atoms with van der Waals surface area (Å²) in [6, 6.07) is 14.0. The number of para-hydroxylation sites is 1. The predicted octanol–water partition coefficient (Wildman–Crippen LogP) is 3.64. The van der Waals surface area contributed by atoms with Crippen molar-refractivity contribution in [3.8, 4) is 5.75 Å². The van der Waals surface area contributed by atoms with Gasteiger partial charge in [-0.3, -0.25) is 4.79 Å². The topological polar surface area (TPSA) is 75.7 Å². The molecular weight excluding hydrogens is 420 g/mol.